The van der Waals surface area contributed by atoms with Gasteiger partial charge in [0.1, 0.15) is 0 Å². The fourth-order valence-corrected chi connectivity index (χ4v) is 5.97. The second-order valence-electron chi connectivity index (χ2n) is 10.3. The Hall–Kier alpha value is -2.87. The molecule has 0 saturated carbocycles. The van der Waals surface area contributed by atoms with Crippen LogP contribution in [0.4, 0.5) is 0 Å². The van der Waals surface area contributed by atoms with Crippen LogP contribution in [0.2, 0.25) is 0 Å². The van der Waals surface area contributed by atoms with Crippen molar-refractivity contribution in [2.24, 2.45) is 5.16 Å². The van der Waals surface area contributed by atoms with E-state index >= 15 is 0 Å². The maximum atomic E-state index is 9.12. The third-order valence-corrected chi connectivity index (χ3v) is 7.97. The number of fused-ring (bicyclic) bond motifs is 3. The van der Waals surface area contributed by atoms with Crippen molar-refractivity contribution in [3.05, 3.63) is 83.4 Å². The van der Waals surface area contributed by atoms with E-state index in [1.54, 1.807) is 5.56 Å². The molecule has 0 aromatic heterocycles. The Morgan fingerprint density at radius 2 is 1.29 bits per heavy atom. The zero-order chi connectivity index (χ0) is 24.7. The standard InChI is InChI=1S/C33H41NO/c1-4-6-8-12-22-33(23-13-9-7-5-2)31-15-11-10-14-29(31)30-21-20-28(24-32(30)33)27-18-16-26(17-19-27)25(3)34-35/h10-11,14-21,24,35H,4-9,12-13,22-23H2,1-3H3/b34-25+. The minimum absolute atomic E-state index is 0.115. The number of unbranched alkanes of at least 4 members (excludes halogenated alkanes) is 6. The SMILES string of the molecule is CCCCCCC1(CCCCCC)c2ccccc2-c2ccc(-c3ccc(/C(C)=N/O)cc3)cc21. The molecule has 0 heterocycles. The summed E-state index contributed by atoms with van der Waals surface area (Å²) in [5, 5.41) is 12.5. The summed E-state index contributed by atoms with van der Waals surface area (Å²) in [6.45, 7) is 6.42. The first-order chi connectivity index (χ1) is 17.1. The molecule has 0 saturated heterocycles. The molecule has 4 rings (SSSR count). The molecule has 0 radical (unpaired) electrons. The van der Waals surface area contributed by atoms with Crippen LogP contribution in [0.5, 0.6) is 0 Å². The highest BCUT2D eigenvalue weighted by molar-refractivity contribution is 5.98. The largest absolute Gasteiger partial charge is 0.411 e. The van der Waals surface area contributed by atoms with Crippen molar-refractivity contribution < 1.29 is 5.21 Å². The van der Waals surface area contributed by atoms with Crippen molar-refractivity contribution in [2.75, 3.05) is 0 Å². The average molecular weight is 468 g/mol. The van der Waals surface area contributed by atoms with E-state index < -0.39 is 0 Å². The van der Waals surface area contributed by atoms with Crippen LogP contribution >= 0.6 is 0 Å². The Kier molecular flexibility index (Phi) is 8.44. The second kappa shape index (κ2) is 11.7. The molecule has 2 heteroatoms. The monoisotopic (exact) mass is 467 g/mol. The molecule has 35 heavy (non-hydrogen) atoms. The summed E-state index contributed by atoms with van der Waals surface area (Å²) < 4.78 is 0. The minimum atomic E-state index is 0.115. The quantitative estimate of drug-likeness (QED) is 0.122. The van der Waals surface area contributed by atoms with Gasteiger partial charge in [0, 0.05) is 5.41 Å². The average Bonchev–Trinajstić information content (AvgIpc) is 3.18. The van der Waals surface area contributed by atoms with E-state index in [1.807, 2.05) is 6.92 Å². The lowest BCUT2D eigenvalue weighted by atomic mass is 9.70. The van der Waals surface area contributed by atoms with Crippen LogP contribution in [-0.4, -0.2) is 10.9 Å². The van der Waals surface area contributed by atoms with E-state index in [0.717, 1.165) is 5.56 Å². The number of oxime groups is 1. The summed E-state index contributed by atoms with van der Waals surface area (Å²) >= 11 is 0. The molecule has 3 aromatic rings. The third-order valence-electron chi connectivity index (χ3n) is 7.97. The van der Waals surface area contributed by atoms with Gasteiger partial charge >= 0.3 is 0 Å². The first kappa shape index (κ1) is 25.2. The lowest BCUT2D eigenvalue weighted by molar-refractivity contribution is 0.319. The van der Waals surface area contributed by atoms with Crippen LogP contribution < -0.4 is 0 Å². The molecule has 2 nitrogen and oxygen atoms in total. The molecule has 1 aliphatic carbocycles. The second-order valence-corrected chi connectivity index (χ2v) is 10.3. The van der Waals surface area contributed by atoms with Crippen LogP contribution in [0.1, 0.15) is 102 Å². The highest BCUT2D eigenvalue weighted by Gasteiger charge is 2.42. The highest BCUT2D eigenvalue weighted by Crippen LogP contribution is 2.54. The van der Waals surface area contributed by atoms with Gasteiger partial charge in [0.15, 0.2) is 0 Å². The van der Waals surface area contributed by atoms with Gasteiger partial charge in [0.05, 0.1) is 5.71 Å². The van der Waals surface area contributed by atoms with E-state index in [0.29, 0.717) is 5.71 Å². The van der Waals surface area contributed by atoms with Crippen LogP contribution in [-0.2, 0) is 5.41 Å². The topological polar surface area (TPSA) is 32.6 Å². The summed E-state index contributed by atoms with van der Waals surface area (Å²) in [6.07, 6.45) is 12.9. The summed E-state index contributed by atoms with van der Waals surface area (Å²) in [6, 6.07) is 24.7. The Morgan fingerprint density at radius 1 is 0.686 bits per heavy atom. The van der Waals surface area contributed by atoms with Crippen LogP contribution in [0, 0.1) is 0 Å². The van der Waals surface area contributed by atoms with E-state index in [2.05, 4.69) is 85.7 Å². The normalized spacial score (nSPS) is 14.1. The van der Waals surface area contributed by atoms with E-state index in [-0.39, 0.29) is 5.41 Å². The van der Waals surface area contributed by atoms with Crippen LogP contribution in [0.3, 0.4) is 0 Å². The molecule has 0 atom stereocenters. The highest BCUT2D eigenvalue weighted by atomic mass is 16.4. The predicted octanol–water partition coefficient (Wildman–Crippen LogP) is 9.76. The lowest BCUT2D eigenvalue weighted by Gasteiger charge is -2.33. The third kappa shape index (κ3) is 5.22. The van der Waals surface area contributed by atoms with Crippen molar-refractivity contribution in [3.63, 3.8) is 0 Å². The molecule has 0 amide bonds. The maximum Gasteiger partial charge on any atom is 0.0836 e. The zero-order valence-corrected chi connectivity index (χ0v) is 21.8. The van der Waals surface area contributed by atoms with Gasteiger partial charge in [0.25, 0.3) is 0 Å². The molecule has 0 bridgehead atoms. The van der Waals surface area contributed by atoms with Crippen molar-refractivity contribution in [1.29, 1.82) is 0 Å². The van der Waals surface area contributed by atoms with Crippen molar-refractivity contribution in [1.82, 2.24) is 0 Å². The van der Waals surface area contributed by atoms with Gasteiger partial charge in [-0.3, -0.25) is 0 Å². The Morgan fingerprint density at radius 3 is 1.91 bits per heavy atom. The number of benzene rings is 3. The zero-order valence-electron chi connectivity index (χ0n) is 21.8. The molecule has 1 N–H and O–H groups in total. The molecule has 0 spiro atoms. The van der Waals surface area contributed by atoms with Gasteiger partial charge in [-0.05, 0) is 64.8 Å². The van der Waals surface area contributed by atoms with E-state index in [4.69, 9.17) is 5.21 Å². The molecule has 0 aliphatic heterocycles. The van der Waals surface area contributed by atoms with Gasteiger partial charge in [-0.25, -0.2) is 0 Å². The summed E-state index contributed by atoms with van der Waals surface area (Å²) in [4.78, 5) is 0. The van der Waals surface area contributed by atoms with Gasteiger partial charge in [0.2, 0.25) is 0 Å². The summed E-state index contributed by atoms with van der Waals surface area (Å²) in [5.41, 5.74) is 10.1. The number of hydrogen-bond acceptors (Lipinski definition) is 2. The van der Waals surface area contributed by atoms with Crippen molar-refractivity contribution in [2.45, 2.75) is 90.4 Å². The lowest BCUT2D eigenvalue weighted by Crippen LogP contribution is -2.25. The summed E-state index contributed by atoms with van der Waals surface area (Å²) in [7, 11) is 0. The smallest absolute Gasteiger partial charge is 0.0836 e. The fraction of sp³-hybridized carbons (Fsp3) is 0.424. The summed E-state index contributed by atoms with van der Waals surface area (Å²) in [5.74, 6) is 0. The first-order valence-electron chi connectivity index (χ1n) is 13.7. The Bertz CT molecular complexity index is 1130. The number of rotatable bonds is 12. The van der Waals surface area contributed by atoms with E-state index in [1.165, 1.54) is 92.0 Å². The Labute approximate surface area is 212 Å². The Balaban J connectivity index is 1.76. The predicted molar refractivity (Wildman–Crippen MR) is 150 cm³/mol. The molecule has 3 aromatic carbocycles. The van der Waals surface area contributed by atoms with Gasteiger partial charge in [-0.2, -0.15) is 0 Å². The van der Waals surface area contributed by atoms with Crippen LogP contribution in [0.15, 0.2) is 71.9 Å². The molecular weight excluding hydrogens is 426 g/mol. The molecule has 0 fully saturated rings. The van der Waals surface area contributed by atoms with Gasteiger partial charge in [-0.1, -0.05) is 131 Å². The fourth-order valence-electron chi connectivity index (χ4n) is 5.97. The number of nitrogens with zero attached hydrogens (tertiary/aromatic N) is 1. The van der Waals surface area contributed by atoms with Gasteiger partial charge in [-0.15, -0.1) is 0 Å². The van der Waals surface area contributed by atoms with Gasteiger partial charge < -0.3 is 5.21 Å². The van der Waals surface area contributed by atoms with Crippen molar-refractivity contribution in [3.8, 4) is 22.3 Å². The number of hydrogen-bond donors (Lipinski definition) is 1. The van der Waals surface area contributed by atoms with Crippen LogP contribution in [0.25, 0.3) is 22.3 Å². The molecule has 0 unspecified atom stereocenters. The molecule has 184 valence electrons. The molecule has 1 aliphatic rings. The maximum absolute atomic E-state index is 9.12. The molecular formula is C33H41NO. The first-order valence-corrected chi connectivity index (χ1v) is 13.7. The van der Waals surface area contributed by atoms with E-state index in [9.17, 15) is 0 Å². The van der Waals surface area contributed by atoms with Crippen molar-refractivity contribution >= 4 is 5.71 Å². The minimum Gasteiger partial charge on any atom is -0.411 e.